The van der Waals surface area contributed by atoms with Gasteiger partial charge in [-0.3, -0.25) is 10.0 Å². The van der Waals surface area contributed by atoms with E-state index in [2.05, 4.69) is 66.1 Å². The highest BCUT2D eigenvalue weighted by molar-refractivity contribution is 5.80. The van der Waals surface area contributed by atoms with E-state index >= 15 is 0 Å². The first kappa shape index (κ1) is 27.2. The number of rotatable bonds is 13. The molecule has 0 aliphatic heterocycles. The molecule has 1 N–H and O–H groups in total. The Kier molecular flexibility index (Phi) is 19.0. The summed E-state index contributed by atoms with van der Waals surface area (Å²) in [6.07, 6.45) is 14.4. The molecule has 0 spiro atoms. The van der Waals surface area contributed by atoms with E-state index in [1.165, 1.54) is 64.8 Å². The predicted molar refractivity (Wildman–Crippen MR) is 124 cm³/mol. The van der Waals surface area contributed by atoms with Crippen LogP contribution in [-0.4, -0.2) is 23.2 Å². The first-order valence-corrected chi connectivity index (χ1v) is 11.0. The Morgan fingerprint density at radius 2 is 1.17 bits per heavy atom. The van der Waals surface area contributed by atoms with Crippen LogP contribution in [0.5, 0.6) is 0 Å². The zero-order valence-corrected chi connectivity index (χ0v) is 18.9. The second kappa shape index (κ2) is 21.0. The van der Waals surface area contributed by atoms with Gasteiger partial charge < -0.3 is 0 Å². The lowest BCUT2D eigenvalue weighted by Crippen LogP contribution is -2.29. The third-order valence-electron chi connectivity index (χ3n) is 4.52. The van der Waals surface area contributed by atoms with Crippen molar-refractivity contribution in [2.24, 2.45) is 5.92 Å². The van der Waals surface area contributed by atoms with Crippen LogP contribution in [0.25, 0.3) is 0 Å². The maximum absolute atomic E-state index is 12.1. The molecule has 0 fully saturated rings. The molecule has 0 heterocycles. The van der Waals surface area contributed by atoms with Gasteiger partial charge in [-0.1, -0.05) is 89.4 Å². The molecule has 0 bridgehead atoms. The Morgan fingerprint density at radius 1 is 0.733 bits per heavy atom. The van der Waals surface area contributed by atoms with Crippen LogP contribution >= 0.6 is 0 Å². The SMILES string of the molecule is CC#CC#CC#CC#CC#CC(CCCCCCCCCCCCC)C(=O)N(C)O. The second-order valence-electron chi connectivity index (χ2n) is 7.13. The van der Waals surface area contributed by atoms with Crippen molar-refractivity contribution < 1.29 is 10.0 Å². The van der Waals surface area contributed by atoms with E-state index in [-0.39, 0.29) is 0 Å². The van der Waals surface area contributed by atoms with Crippen LogP contribution < -0.4 is 0 Å². The number of hydrogen-bond donors (Lipinski definition) is 1. The van der Waals surface area contributed by atoms with Crippen LogP contribution in [0.2, 0.25) is 0 Å². The number of nitrogens with zero attached hydrogens (tertiary/aromatic N) is 1. The van der Waals surface area contributed by atoms with Gasteiger partial charge in [-0.25, -0.2) is 5.06 Å². The lowest BCUT2D eigenvalue weighted by molar-refractivity contribution is -0.162. The smallest absolute Gasteiger partial charge is 0.260 e. The quantitative estimate of drug-likeness (QED) is 0.198. The number of unbranched alkanes of at least 4 members (excludes halogenated alkanes) is 10. The summed E-state index contributed by atoms with van der Waals surface area (Å²) in [5.41, 5.74) is 0. The maximum Gasteiger partial charge on any atom is 0.260 e. The highest BCUT2D eigenvalue weighted by Gasteiger charge is 2.18. The fourth-order valence-electron chi connectivity index (χ4n) is 2.87. The Balaban J connectivity index is 4.25. The zero-order valence-electron chi connectivity index (χ0n) is 18.9. The van der Waals surface area contributed by atoms with Crippen LogP contribution in [0.4, 0.5) is 0 Å². The van der Waals surface area contributed by atoms with Gasteiger partial charge in [0.25, 0.3) is 5.91 Å². The van der Waals surface area contributed by atoms with E-state index < -0.39 is 11.8 Å². The molecule has 160 valence electrons. The molecular formula is C27H35NO2. The summed E-state index contributed by atoms with van der Waals surface area (Å²) in [6, 6.07) is 0. The predicted octanol–water partition coefficient (Wildman–Crippen LogP) is 5.19. The van der Waals surface area contributed by atoms with Crippen molar-refractivity contribution >= 4 is 5.91 Å². The van der Waals surface area contributed by atoms with Gasteiger partial charge in [-0.15, -0.1) is 0 Å². The number of amides is 1. The Morgan fingerprint density at radius 3 is 1.63 bits per heavy atom. The molecule has 0 saturated heterocycles. The van der Waals surface area contributed by atoms with Crippen molar-refractivity contribution in [2.45, 2.75) is 90.9 Å². The van der Waals surface area contributed by atoms with E-state index in [0.717, 1.165) is 12.8 Å². The van der Waals surface area contributed by atoms with Crippen molar-refractivity contribution in [1.29, 1.82) is 0 Å². The average molecular weight is 406 g/mol. The molecule has 0 rings (SSSR count). The highest BCUT2D eigenvalue weighted by atomic mass is 16.5. The highest BCUT2D eigenvalue weighted by Crippen LogP contribution is 2.15. The molecule has 0 aromatic heterocycles. The van der Waals surface area contributed by atoms with Crippen molar-refractivity contribution in [2.75, 3.05) is 7.05 Å². The minimum absolute atomic E-state index is 0.397. The second-order valence-corrected chi connectivity index (χ2v) is 7.13. The van der Waals surface area contributed by atoms with Crippen molar-refractivity contribution in [3.8, 4) is 59.2 Å². The largest absolute Gasteiger partial charge is 0.286 e. The van der Waals surface area contributed by atoms with Gasteiger partial charge >= 0.3 is 0 Å². The Bertz CT molecular complexity index is 782. The molecule has 0 radical (unpaired) electrons. The molecule has 0 aliphatic rings. The van der Waals surface area contributed by atoms with E-state index in [1.807, 2.05) is 0 Å². The van der Waals surface area contributed by atoms with E-state index in [1.54, 1.807) is 6.92 Å². The molecule has 1 atom stereocenters. The topological polar surface area (TPSA) is 40.5 Å². The minimum atomic E-state index is -0.541. The van der Waals surface area contributed by atoms with E-state index in [0.29, 0.717) is 11.5 Å². The summed E-state index contributed by atoms with van der Waals surface area (Å²) in [6.45, 7) is 3.95. The molecule has 3 nitrogen and oxygen atoms in total. The monoisotopic (exact) mass is 405 g/mol. The van der Waals surface area contributed by atoms with Gasteiger partial charge in [-0.05, 0) is 60.7 Å². The van der Waals surface area contributed by atoms with Gasteiger partial charge in [0.05, 0.1) is 0 Å². The molecule has 0 aromatic rings. The molecule has 30 heavy (non-hydrogen) atoms. The average Bonchev–Trinajstić information content (AvgIpc) is 2.74. The zero-order chi connectivity index (χ0) is 22.3. The van der Waals surface area contributed by atoms with Crippen LogP contribution in [0.15, 0.2) is 0 Å². The fraction of sp³-hybridized carbons (Fsp3) is 0.593. The van der Waals surface area contributed by atoms with Crippen LogP contribution in [-0.2, 0) is 4.79 Å². The molecule has 1 amide bonds. The third kappa shape index (κ3) is 17.3. The van der Waals surface area contributed by atoms with Gasteiger partial charge in [-0.2, -0.15) is 0 Å². The summed E-state index contributed by atoms with van der Waals surface area (Å²) in [4.78, 5) is 12.1. The lowest BCUT2D eigenvalue weighted by Gasteiger charge is -2.14. The Hall–Kier alpha value is -2.77. The first-order chi connectivity index (χ1) is 14.6. The number of carbonyl (C=O) groups excluding carboxylic acids is 1. The first-order valence-electron chi connectivity index (χ1n) is 11.0. The summed E-state index contributed by atoms with van der Waals surface area (Å²) < 4.78 is 0. The maximum atomic E-state index is 12.1. The van der Waals surface area contributed by atoms with E-state index in [9.17, 15) is 10.0 Å². The van der Waals surface area contributed by atoms with Gasteiger partial charge in [0.2, 0.25) is 0 Å². The molecule has 0 aromatic carbocycles. The third-order valence-corrected chi connectivity index (χ3v) is 4.52. The number of hydroxylamine groups is 2. The summed E-state index contributed by atoms with van der Waals surface area (Å²) in [5.74, 6) is 25.2. The standard InChI is InChI=1S/C27H35NO2/c1-4-6-8-10-12-14-15-17-19-21-23-25-26(27(29)28(3)30)24-22-20-18-16-13-11-9-7-5-2/h26,30H,4,6,8,10,12,14-15,17,19,21,23,25H2,1-3H3. The van der Waals surface area contributed by atoms with Crippen LogP contribution in [0, 0.1) is 65.1 Å². The van der Waals surface area contributed by atoms with Gasteiger partial charge in [0.1, 0.15) is 5.92 Å². The fourth-order valence-corrected chi connectivity index (χ4v) is 2.87. The van der Waals surface area contributed by atoms with Gasteiger partial charge in [0, 0.05) is 7.05 Å². The number of carbonyl (C=O) groups is 1. The lowest BCUT2D eigenvalue weighted by atomic mass is 9.99. The Labute approximate surface area is 184 Å². The molecular weight excluding hydrogens is 370 g/mol. The van der Waals surface area contributed by atoms with E-state index in [4.69, 9.17) is 0 Å². The van der Waals surface area contributed by atoms with Gasteiger partial charge in [0.15, 0.2) is 0 Å². The number of hydrogen-bond acceptors (Lipinski definition) is 2. The summed E-state index contributed by atoms with van der Waals surface area (Å²) in [7, 11) is 1.33. The van der Waals surface area contributed by atoms with Crippen molar-refractivity contribution in [1.82, 2.24) is 5.06 Å². The molecule has 1 unspecified atom stereocenters. The summed E-state index contributed by atoms with van der Waals surface area (Å²) >= 11 is 0. The minimum Gasteiger partial charge on any atom is -0.286 e. The van der Waals surface area contributed by atoms with Crippen LogP contribution in [0.3, 0.4) is 0 Å². The molecule has 0 saturated carbocycles. The molecule has 3 heteroatoms. The molecule has 0 aliphatic carbocycles. The van der Waals surface area contributed by atoms with Crippen molar-refractivity contribution in [3.63, 3.8) is 0 Å². The normalized spacial score (nSPS) is 9.60. The summed E-state index contributed by atoms with van der Waals surface area (Å²) in [5, 5.41) is 10.0. The van der Waals surface area contributed by atoms with Crippen LogP contribution in [0.1, 0.15) is 90.9 Å². The van der Waals surface area contributed by atoms with Crippen molar-refractivity contribution in [3.05, 3.63) is 0 Å².